The SMILES string of the molecule is COCCOCCOCCNC(=O)c1ccc(CN2[C]N(c3c(C)cc(C)cc3C)CC2)cc1. The van der Waals surface area contributed by atoms with Crippen molar-refractivity contribution in [2.75, 3.05) is 64.7 Å². The van der Waals surface area contributed by atoms with Gasteiger partial charge in [0.1, 0.15) is 0 Å². The van der Waals surface area contributed by atoms with Crippen LogP contribution in [0.5, 0.6) is 0 Å². The summed E-state index contributed by atoms with van der Waals surface area (Å²) in [6.07, 6.45) is 0. The fourth-order valence-corrected chi connectivity index (χ4v) is 4.15. The summed E-state index contributed by atoms with van der Waals surface area (Å²) in [5.74, 6) is -0.0951. The van der Waals surface area contributed by atoms with Crippen molar-refractivity contribution in [2.24, 2.45) is 0 Å². The summed E-state index contributed by atoms with van der Waals surface area (Å²) in [4.78, 5) is 16.8. The molecule has 1 aliphatic heterocycles. The minimum absolute atomic E-state index is 0.0951. The zero-order valence-corrected chi connectivity index (χ0v) is 20.9. The fraction of sp³-hybridized carbons (Fsp3) is 0.481. The largest absolute Gasteiger partial charge is 0.382 e. The molecule has 0 aromatic heterocycles. The van der Waals surface area contributed by atoms with Crippen molar-refractivity contribution in [3.05, 3.63) is 70.9 Å². The smallest absolute Gasteiger partial charge is 0.251 e. The van der Waals surface area contributed by atoms with Gasteiger partial charge in [-0.1, -0.05) is 29.8 Å². The lowest BCUT2D eigenvalue weighted by molar-refractivity contribution is 0.0255. The molecule has 3 rings (SSSR count). The number of nitrogens with zero attached hydrogens (tertiary/aromatic N) is 2. The van der Waals surface area contributed by atoms with Gasteiger partial charge in [0.15, 0.2) is 6.67 Å². The molecular formula is C27H37N3O4. The van der Waals surface area contributed by atoms with Crippen molar-refractivity contribution >= 4 is 11.6 Å². The Morgan fingerprint density at radius 2 is 1.59 bits per heavy atom. The van der Waals surface area contributed by atoms with Crippen LogP contribution in [0.25, 0.3) is 0 Å². The Kier molecular flexibility index (Phi) is 10.3. The van der Waals surface area contributed by atoms with Gasteiger partial charge in [0.05, 0.1) is 33.0 Å². The van der Waals surface area contributed by atoms with Crippen molar-refractivity contribution in [2.45, 2.75) is 27.3 Å². The number of carbonyl (C=O) groups excluding carboxylic acids is 1. The number of anilines is 1. The van der Waals surface area contributed by atoms with Crippen LogP contribution in [0.15, 0.2) is 36.4 Å². The van der Waals surface area contributed by atoms with Crippen LogP contribution in [0.4, 0.5) is 5.69 Å². The Hall–Kier alpha value is -2.45. The Labute approximate surface area is 204 Å². The standard InChI is InChI=1S/C27H37N3O4/c1-21-17-22(2)26(23(3)18-21)30-11-10-29(20-30)19-24-5-7-25(8-6-24)27(31)28-9-12-33-15-16-34-14-13-32-4/h5-8,17-18H,9-16,19H2,1-4H3,(H,28,31). The molecule has 184 valence electrons. The molecule has 7 nitrogen and oxygen atoms in total. The van der Waals surface area contributed by atoms with E-state index < -0.39 is 0 Å². The molecule has 2 aromatic carbocycles. The summed E-state index contributed by atoms with van der Waals surface area (Å²) in [5.41, 5.74) is 6.90. The van der Waals surface area contributed by atoms with E-state index in [1.165, 1.54) is 22.4 Å². The van der Waals surface area contributed by atoms with Gasteiger partial charge in [-0.05, 0) is 49.6 Å². The quantitative estimate of drug-likeness (QED) is 0.456. The van der Waals surface area contributed by atoms with Crippen LogP contribution in [-0.4, -0.2) is 70.6 Å². The number of hydrogen-bond acceptors (Lipinski definition) is 6. The fourth-order valence-electron chi connectivity index (χ4n) is 4.15. The number of ether oxygens (including phenoxy) is 3. The van der Waals surface area contributed by atoms with E-state index in [0.717, 1.165) is 25.2 Å². The maximum absolute atomic E-state index is 12.4. The lowest BCUT2D eigenvalue weighted by Crippen LogP contribution is -2.27. The van der Waals surface area contributed by atoms with Gasteiger partial charge >= 0.3 is 0 Å². The minimum Gasteiger partial charge on any atom is -0.382 e. The molecule has 0 aliphatic carbocycles. The van der Waals surface area contributed by atoms with Gasteiger partial charge in [0.25, 0.3) is 5.91 Å². The van der Waals surface area contributed by atoms with E-state index in [-0.39, 0.29) is 5.91 Å². The number of amides is 1. The maximum atomic E-state index is 12.4. The second-order valence-electron chi connectivity index (χ2n) is 8.59. The number of methoxy groups -OCH3 is 1. The predicted octanol–water partition coefficient (Wildman–Crippen LogP) is 3.34. The average Bonchev–Trinajstić information content (AvgIpc) is 3.25. The van der Waals surface area contributed by atoms with Crippen LogP contribution < -0.4 is 10.2 Å². The number of carbonyl (C=O) groups is 1. The van der Waals surface area contributed by atoms with Crippen molar-refractivity contribution in [3.8, 4) is 0 Å². The van der Waals surface area contributed by atoms with Gasteiger partial charge < -0.3 is 24.4 Å². The first-order valence-corrected chi connectivity index (χ1v) is 11.9. The van der Waals surface area contributed by atoms with Crippen LogP contribution in [0.2, 0.25) is 0 Å². The molecule has 1 aliphatic rings. The number of aryl methyl sites for hydroxylation is 3. The van der Waals surface area contributed by atoms with E-state index in [0.29, 0.717) is 45.1 Å². The topological polar surface area (TPSA) is 63.3 Å². The Balaban J connectivity index is 1.38. The Bertz CT molecular complexity index is 894. The van der Waals surface area contributed by atoms with Crippen molar-refractivity contribution in [3.63, 3.8) is 0 Å². The molecule has 1 heterocycles. The molecular weight excluding hydrogens is 430 g/mol. The average molecular weight is 468 g/mol. The van der Waals surface area contributed by atoms with E-state index in [4.69, 9.17) is 14.2 Å². The predicted molar refractivity (Wildman–Crippen MR) is 134 cm³/mol. The molecule has 0 unspecified atom stereocenters. The van der Waals surface area contributed by atoms with Gasteiger partial charge in [0.2, 0.25) is 0 Å². The van der Waals surface area contributed by atoms with E-state index in [2.05, 4.69) is 54.7 Å². The van der Waals surface area contributed by atoms with Gasteiger partial charge in [-0.3, -0.25) is 9.69 Å². The molecule has 0 bridgehead atoms. The summed E-state index contributed by atoms with van der Waals surface area (Å²) < 4.78 is 15.7. The Morgan fingerprint density at radius 1 is 0.941 bits per heavy atom. The van der Waals surface area contributed by atoms with Crippen molar-refractivity contribution in [1.82, 2.24) is 10.2 Å². The summed E-state index contributed by atoms with van der Waals surface area (Å²) in [5, 5.41) is 2.89. The molecule has 1 fully saturated rings. The molecule has 1 saturated heterocycles. The van der Waals surface area contributed by atoms with E-state index >= 15 is 0 Å². The highest BCUT2D eigenvalue weighted by molar-refractivity contribution is 5.94. The molecule has 34 heavy (non-hydrogen) atoms. The summed E-state index contributed by atoms with van der Waals surface area (Å²) in [6.45, 7) is 15.7. The second kappa shape index (κ2) is 13.4. The molecule has 2 radical (unpaired) electrons. The first kappa shape index (κ1) is 26.2. The van der Waals surface area contributed by atoms with E-state index in [1.54, 1.807) is 7.11 Å². The number of benzene rings is 2. The van der Waals surface area contributed by atoms with E-state index in [9.17, 15) is 4.79 Å². The van der Waals surface area contributed by atoms with Gasteiger partial charge in [0, 0.05) is 44.5 Å². The number of rotatable bonds is 13. The zero-order chi connectivity index (χ0) is 24.3. The van der Waals surface area contributed by atoms with Gasteiger partial charge in [-0.25, -0.2) is 0 Å². The molecule has 2 aromatic rings. The highest BCUT2D eigenvalue weighted by Crippen LogP contribution is 2.30. The minimum atomic E-state index is -0.0951. The Morgan fingerprint density at radius 3 is 2.26 bits per heavy atom. The highest BCUT2D eigenvalue weighted by Gasteiger charge is 2.24. The lowest BCUT2D eigenvalue weighted by atomic mass is 10.0. The third-order valence-electron chi connectivity index (χ3n) is 5.69. The van der Waals surface area contributed by atoms with Gasteiger partial charge in [-0.15, -0.1) is 0 Å². The molecule has 0 atom stereocenters. The summed E-state index contributed by atoms with van der Waals surface area (Å²) in [6, 6.07) is 12.2. The molecule has 7 heteroatoms. The van der Waals surface area contributed by atoms with Gasteiger partial charge in [-0.2, -0.15) is 0 Å². The summed E-state index contributed by atoms with van der Waals surface area (Å²) in [7, 11) is 1.64. The van der Waals surface area contributed by atoms with Crippen LogP contribution in [0.3, 0.4) is 0 Å². The van der Waals surface area contributed by atoms with Crippen molar-refractivity contribution in [1.29, 1.82) is 0 Å². The lowest BCUT2D eigenvalue weighted by Gasteiger charge is -2.22. The van der Waals surface area contributed by atoms with Crippen molar-refractivity contribution < 1.29 is 19.0 Å². The van der Waals surface area contributed by atoms with E-state index in [1.807, 2.05) is 24.3 Å². The first-order chi connectivity index (χ1) is 16.5. The van der Waals surface area contributed by atoms with Crippen LogP contribution in [0.1, 0.15) is 32.6 Å². The third kappa shape index (κ3) is 7.81. The molecule has 0 saturated carbocycles. The zero-order valence-electron chi connectivity index (χ0n) is 20.9. The number of hydrogen-bond donors (Lipinski definition) is 1. The number of nitrogens with one attached hydrogen (secondary N) is 1. The highest BCUT2D eigenvalue weighted by atomic mass is 16.5. The van der Waals surface area contributed by atoms with Crippen LogP contribution >= 0.6 is 0 Å². The normalized spacial score (nSPS) is 14.1. The van der Waals surface area contributed by atoms with Crippen LogP contribution in [-0.2, 0) is 20.8 Å². The molecule has 0 spiro atoms. The first-order valence-electron chi connectivity index (χ1n) is 11.9. The summed E-state index contributed by atoms with van der Waals surface area (Å²) >= 11 is 0. The maximum Gasteiger partial charge on any atom is 0.251 e. The third-order valence-corrected chi connectivity index (χ3v) is 5.69. The van der Waals surface area contributed by atoms with Crippen LogP contribution in [0, 0.1) is 27.4 Å². The molecule has 1 N–H and O–H groups in total. The second-order valence-corrected chi connectivity index (χ2v) is 8.59. The molecule has 1 amide bonds. The monoisotopic (exact) mass is 467 g/mol.